The number of allylic oxidation sites excluding steroid dienone is 10. The van der Waals surface area contributed by atoms with E-state index in [1.165, 1.54) is 107 Å². The standard InChI is InChI=1S/2C15H14N2O3.2C4H8O.2C2H5.2In/c2*1-20-13-8-6-11(7-9-13)15(19)17-16-10-12-4-2-3-5-14(12)18;2*1-2-4-5-3-1;2*1-2;;/h2*2-10,16H,1H3,(H,17,19);2*1-4H2;2*1H2,2H3;;. The molecule has 0 bridgehead atoms. The normalized spacial score (nSPS) is 15.8. The van der Waals surface area contributed by atoms with E-state index in [4.69, 9.17) is 18.9 Å². The number of hydrazine groups is 2. The second-order valence-electron chi connectivity index (χ2n) is 11.5. The van der Waals surface area contributed by atoms with Crippen LogP contribution >= 0.6 is 0 Å². The molecule has 2 aliphatic carbocycles. The molecule has 0 atom stereocenters. The molecule has 296 valence electrons. The first-order chi connectivity index (χ1) is 27.2. The Balaban J connectivity index is 0.000000403. The van der Waals surface area contributed by atoms with E-state index < -0.39 is 0 Å². The van der Waals surface area contributed by atoms with Crippen molar-refractivity contribution in [1.29, 1.82) is 0 Å². The average molecular weight is 973 g/mol. The molecular weight excluding hydrogens is 918 g/mol. The maximum absolute atomic E-state index is 11.8. The Bertz CT molecular complexity index is 1490. The Hall–Kier alpha value is -3.98. The van der Waals surface area contributed by atoms with Crippen molar-refractivity contribution in [2.24, 2.45) is 0 Å². The molecule has 0 spiro atoms. The van der Waals surface area contributed by atoms with E-state index in [1.807, 2.05) is 0 Å². The summed E-state index contributed by atoms with van der Waals surface area (Å²) in [7, 11) is 3.12. The number of hydrogen-bond donors (Lipinski definition) is 4. The van der Waals surface area contributed by atoms with Crippen LogP contribution in [0.2, 0.25) is 8.35 Å². The molecule has 0 saturated carbocycles. The van der Waals surface area contributed by atoms with Gasteiger partial charge >= 0.3 is 71.0 Å². The summed E-state index contributed by atoms with van der Waals surface area (Å²) in [5, 5.41) is 0. The number of nitrogens with one attached hydrogen (secondary N) is 4. The van der Waals surface area contributed by atoms with Crippen molar-refractivity contribution in [1.82, 2.24) is 21.7 Å². The van der Waals surface area contributed by atoms with Crippen LogP contribution in [0.5, 0.6) is 11.5 Å². The second-order valence-corrected chi connectivity index (χ2v) is 16.1. The topological polar surface area (TPSA) is 153 Å². The van der Waals surface area contributed by atoms with Gasteiger partial charge in [-0.15, -0.1) is 0 Å². The number of methoxy groups -OCH3 is 2. The van der Waals surface area contributed by atoms with E-state index in [0.717, 1.165) is 26.4 Å². The summed E-state index contributed by atoms with van der Waals surface area (Å²) in [6, 6.07) is 13.4. The molecule has 2 aromatic carbocycles. The van der Waals surface area contributed by atoms with E-state index >= 15 is 0 Å². The summed E-state index contributed by atoms with van der Waals surface area (Å²) in [6.07, 6.45) is 21.1. The van der Waals surface area contributed by atoms with Crippen LogP contribution in [0.3, 0.4) is 0 Å². The molecule has 0 aromatic heterocycles. The van der Waals surface area contributed by atoms with Gasteiger partial charge in [0, 0.05) is 61.1 Å². The molecule has 2 aromatic rings. The number of benzene rings is 2. The van der Waals surface area contributed by atoms with Gasteiger partial charge in [-0.3, -0.25) is 30.0 Å². The fraction of sp³-hybridized carbons (Fsp3) is 0.333. The molecule has 4 N–H and O–H groups in total. The van der Waals surface area contributed by atoms with Crippen molar-refractivity contribution in [2.75, 3.05) is 40.6 Å². The van der Waals surface area contributed by atoms with Gasteiger partial charge in [0.1, 0.15) is 11.5 Å². The number of hydrogen-bond acceptors (Lipinski definition) is 10. The van der Waals surface area contributed by atoms with Crippen molar-refractivity contribution in [3.63, 3.8) is 0 Å². The molecule has 2 aliphatic heterocycles. The monoisotopic (exact) mass is 972 g/mol. The molecule has 6 rings (SSSR count). The van der Waals surface area contributed by atoms with Crippen LogP contribution in [0.15, 0.2) is 121 Å². The predicted octanol–water partition coefficient (Wildman–Crippen LogP) is 5.80. The quantitative estimate of drug-likeness (QED) is 0.189. The summed E-state index contributed by atoms with van der Waals surface area (Å²) in [5.74, 6) is 0.541. The zero-order valence-electron chi connectivity index (χ0n) is 32.9. The molecule has 2 fully saturated rings. The number of carbonyl (C=O) groups excluding carboxylic acids is 4. The Morgan fingerprint density at radius 2 is 0.893 bits per heavy atom. The third-order valence-corrected chi connectivity index (χ3v) is 7.02. The fourth-order valence-corrected chi connectivity index (χ4v) is 4.21. The second kappa shape index (κ2) is 33.2. The summed E-state index contributed by atoms with van der Waals surface area (Å²) >= 11 is 2.83. The van der Waals surface area contributed by atoms with Crippen molar-refractivity contribution in [3.05, 3.63) is 132 Å². The van der Waals surface area contributed by atoms with Gasteiger partial charge in [0.2, 0.25) is 0 Å². The Kier molecular flexibility index (Phi) is 29.7. The number of rotatable bonds is 8. The van der Waals surface area contributed by atoms with Gasteiger partial charge in [0.05, 0.1) is 14.2 Å². The van der Waals surface area contributed by atoms with Crippen LogP contribution in [-0.2, 0) is 19.1 Å². The number of ether oxygens (including phenoxy) is 4. The Morgan fingerprint density at radius 3 is 1.14 bits per heavy atom. The van der Waals surface area contributed by atoms with E-state index in [1.54, 1.807) is 99.2 Å². The van der Waals surface area contributed by atoms with E-state index in [-0.39, 0.29) is 23.4 Å². The summed E-state index contributed by atoms with van der Waals surface area (Å²) in [4.78, 5) is 46.5. The van der Waals surface area contributed by atoms with Crippen LogP contribution in [0.25, 0.3) is 0 Å². The van der Waals surface area contributed by atoms with Gasteiger partial charge in [0.15, 0.2) is 11.6 Å². The molecule has 14 heteroatoms. The first-order valence-corrected chi connectivity index (χ1v) is 23.0. The summed E-state index contributed by atoms with van der Waals surface area (Å²) in [6.45, 7) is 8.37. The Morgan fingerprint density at radius 1 is 0.589 bits per heavy atom. The maximum atomic E-state index is 11.8. The van der Waals surface area contributed by atoms with Gasteiger partial charge in [-0.2, -0.15) is 0 Å². The summed E-state index contributed by atoms with van der Waals surface area (Å²) < 4.78 is 22.7. The van der Waals surface area contributed by atoms with Crippen LogP contribution in [0.1, 0.15) is 60.2 Å². The van der Waals surface area contributed by atoms with Gasteiger partial charge in [-0.05, 0) is 98.5 Å². The van der Waals surface area contributed by atoms with Gasteiger partial charge in [-0.1, -0.05) is 24.3 Å². The minimum atomic E-state index is -0.299. The van der Waals surface area contributed by atoms with Crippen LogP contribution in [0, 0.1) is 0 Å². The first-order valence-electron chi connectivity index (χ1n) is 18.4. The minimum absolute atomic E-state index is 0.112. The van der Waals surface area contributed by atoms with Crippen LogP contribution in [0.4, 0.5) is 0 Å². The van der Waals surface area contributed by atoms with Crippen LogP contribution in [-0.4, -0.2) is 113 Å². The number of amides is 2. The predicted molar refractivity (Wildman–Crippen MR) is 223 cm³/mol. The van der Waals surface area contributed by atoms with Crippen molar-refractivity contribution in [2.45, 2.75) is 47.9 Å². The zero-order valence-corrected chi connectivity index (χ0v) is 39.5. The van der Waals surface area contributed by atoms with Crippen molar-refractivity contribution < 1.29 is 38.1 Å². The molecule has 12 nitrogen and oxygen atoms in total. The molecular formula is C42H54In2N4O8. The summed E-state index contributed by atoms with van der Waals surface area (Å²) in [5.41, 5.74) is 12.1. The zero-order chi connectivity index (χ0) is 41.2. The van der Waals surface area contributed by atoms with Gasteiger partial charge in [-0.25, -0.2) is 0 Å². The van der Waals surface area contributed by atoms with Gasteiger partial charge in [0.25, 0.3) is 11.8 Å². The molecule has 4 radical (unpaired) electrons. The number of ketones is 2. The third kappa shape index (κ3) is 23.2. The molecule has 56 heavy (non-hydrogen) atoms. The molecule has 4 aliphatic rings. The third-order valence-electron chi connectivity index (χ3n) is 7.02. The van der Waals surface area contributed by atoms with Crippen LogP contribution < -0.4 is 31.2 Å². The van der Waals surface area contributed by atoms with Gasteiger partial charge < -0.3 is 29.8 Å². The van der Waals surface area contributed by atoms with E-state index in [0.29, 0.717) is 33.8 Å². The SMILES string of the molecule is C1CCOC1.C1CCOC1.COc1ccc(C(=O)NNC=C2C=CC=CC2=O)cc1.COc1ccc(C(=O)NNC=C2C=CC=CC2=O)cc1.C[CH2][In].C[CH2][In]. The molecule has 2 heterocycles. The fourth-order valence-electron chi connectivity index (χ4n) is 4.21. The molecule has 2 saturated heterocycles. The van der Waals surface area contributed by atoms with Crippen molar-refractivity contribution in [3.8, 4) is 11.5 Å². The van der Waals surface area contributed by atoms with E-state index in [2.05, 4.69) is 35.6 Å². The average Bonchev–Trinajstić information content (AvgIpc) is 4.02. The molecule has 2 amide bonds. The molecule has 0 unspecified atom stereocenters. The van der Waals surface area contributed by atoms with E-state index in [9.17, 15) is 19.2 Å². The first kappa shape index (κ1) is 50.0. The van der Waals surface area contributed by atoms with Crippen molar-refractivity contribution >= 4 is 72.1 Å². The number of carbonyl (C=O) groups is 4. The Labute approximate surface area is 361 Å².